The van der Waals surface area contributed by atoms with Crippen molar-refractivity contribution in [1.82, 2.24) is 20.0 Å². The van der Waals surface area contributed by atoms with Crippen LogP contribution in [-0.4, -0.2) is 53.4 Å². The van der Waals surface area contributed by atoms with E-state index in [-0.39, 0.29) is 23.2 Å². The molecule has 0 radical (unpaired) electrons. The van der Waals surface area contributed by atoms with Crippen LogP contribution in [0.15, 0.2) is 41.2 Å². The molecule has 3 rings (SSSR count). The van der Waals surface area contributed by atoms with Crippen molar-refractivity contribution in [2.45, 2.75) is 39.3 Å². The third kappa shape index (κ3) is 5.74. The molecular formula is C22H30N4O3. The number of hydrogen-bond acceptors (Lipinski definition) is 5. The monoisotopic (exact) mass is 398 g/mol. The van der Waals surface area contributed by atoms with Crippen molar-refractivity contribution in [3.63, 3.8) is 0 Å². The highest BCUT2D eigenvalue weighted by atomic mass is 16.5. The molecule has 1 amide bonds. The number of ether oxygens (including phenoxy) is 1. The van der Waals surface area contributed by atoms with Gasteiger partial charge in [-0.3, -0.25) is 14.5 Å². The van der Waals surface area contributed by atoms with Crippen LogP contribution < -0.4 is 10.9 Å². The van der Waals surface area contributed by atoms with E-state index in [0.717, 1.165) is 25.9 Å². The summed E-state index contributed by atoms with van der Waals surface area (Å²) in [5.74, 6) is -0.263. The van der Waals surface area contributed by atoms with Crippen LogP contribution in [0.3, 0.4) is 0 Å². The second-order valence-electron chi connectivity index (χ2n) is 7.42. The summed E-state index contributed by atoms with van der Waals surface area (Å²) in [6.07, 6.45) is 1.81. The van der Waals surface area contributed by atoms with Gasteiger partial charge in [0.25, 0.3) is 11.5 Å². The Kier molecular flexibility index (Phi) is 7.55. The van der Waals surface area contributed by atoms with Crippen LogP contribution in [-0.2, 0) is 11.3 Å². The van der Waals surface area contributed by atoms with Crippen molar-refractivity contribution in [2.24, 2.45) is 0 Å². The lowest BCUT2D eigenvalue weighted by molar-refractivity contribution is 0.0162. The van der Waals surface area contributed by atoms with E-state index in [2.05, 4.69) is 47.4 Å². The summed E-state index contributed by atoms with van der Waals surface area (Å²) < 4.78 is 6.86. The average Bonchev–Trinajstić information content (AvgIpc) is 2.74. The molecule has 2 heterocycles. The number of benzene rings is 1. The van der Waals surface area contributed by atoms with Gasteiger partial charge in [0, 0.05) is 32.2 Å². The van der Waals surface area contributed by atoms with Crippen LogP contribution in [0.4, 0.5) is 0 Å². The summed E-state index contributed by atoms with van der Waals surface area (Å²) >= 11 is 0. The highest BCUT2D eigenvalue weighted by Gasteiger charge is 2.24. The van der Waals surface area contributed by atoms with E-state index < -0.39 is 0 Å². The number of amides is 1. The van der Waals surface area contributed by atoms with E-state index in [1.807, 2.05) is 6.07 Å². The molecule has 1 aliphatic heterocycles. The van der Waals surface area contributed by atoms with Crippen LogP contribution >= 0.6 is 0 Å². The molecule has 7 nitrogen and oxygen atoms in total. The average molecular weight is 399 g/mol. The van der Waals surface area contributed by atoms with Crippen molar-refractivity contribution < 1.29 is 9.53 Å². The largest absolute Gasteiger partial charge is 0.379 e. The Labute approximate surface area is 171 Å². The second-order valence-corrected chi connectivity index (χ2v) is 7.42. The van der Waals surface area contributed by atoms with Crippen LogP contribution in [0, 0.1) is 6.92 Å². The summed E-state index contributed by atoms with van der Waals surface area (Å²) in [7, 11) is 0. The Morgan fingerprint density at radius 1 is 1.24 bits per heavy atom. The third-order valence-electron chi connectivity index (χ3n) is 5.19. The zero-order valence-corrected chi connectivity index (χ0v) is 17.3. The Morgan fingerprint density at radius 2 is 2.03 bits per heavy atom. The smallest absolute Gasteiger partial charge is 0.271 e. The third-order valence-corrected chi connectivity index (χ3v) is 5.19. The van der Waals surface area contributed by atoms with Gasteiger partial charge in [-0.1, -0.05) is 43.2 Å². The molecule has 1 atom stereocenters. The zero-order chi connectivity index (χ0) is 20.6. The molecule has 1 fully saturated rings. The van der Waals surface area contributed by atoms with Gasteiger partial charge in [-0.2, -0.15) is 5.10 Å². The van der Waals surface area contributed by atoms with E-state index >= 15 is 0 Å². The number of rotatable bonds is 8. The minimum atomic E-state index is -0.263. The molecule has 1 saturated heterocycles. The van der Waals surface area contributed by atoms with Crippen LogP contribution in [0.2, 0.25) is 0 Å². The molecule has 1 aromatic heterocycles. The van der Waals surface area contributed by atoms with Crippen molar-refractivity contribution in [3.8, 4) is 0 Å². The van der Waals surface area contributed by atoms with Crippen LogP contribution in [0.1, 0.15) is 47.4 Å². The molecule has 7 heteroatoms. The highest BCUT2D eigenvalue weighted by Crippen LogP contribution is 2.22. The van der Waals surface area contributed by atoms with Gasteiger partial charge in [0.05, 0.1) is 19.3 Å². The van der Waals surface area contributed by atoms with Crippen molar-refractivity contribution in [3.05, 3.63) is 63.6 Å². The highest BCUT2D eigenvalue weighted by molar-refractivity contribution is 5.92. The number of aromatic nitrogens is 2. The van der Waals surface area contributed by atoms with Gasteiger partial charge >= 0.3 is 0 Å². The lowest BCUT2D eigenvalue weighted by Gasteiger charge is -2.35. The first-order valence-corrected chi connectivity index (χ1v) is 10.3. The molecule has 1 unspecified atom stereocenters. The Hall–Kier alpha value is -2.51. The number of hydrogen-bond donors (Lipinski definition) is 1. The number of carbonyl (C=O) groups is 1. The van der Waals surface area contributed by atoms with Crippen molar-refractivity contribution >= 4 is 5.91 Å². The SMILES string of the molecule is CCCCn1nc(C(=O)NCC(c2cccc(C)c2)N2CCOCC2)ccc1=O. The molecule has 1 aromatic carbocycles. The number of morpholine rings is 1. The maximum absolute atomic E-state index is 12.7. The maximum atomic E-state index is 12.7. The van der Waals surface area contributed by atoms with Crippen LogP contribution in [0.5, 0.6) is 0 Å². The van der Waals surface area contributed by atoms with E-state index in [9.17, 15) is 9.59 Å². The Bertz CT molecular complexity index is 874. The van der Waals surface area contributed by atoms with Gasteiger partial charge in [-0.05, 0) is 25.0 Å². The van der Waals surface area contributed by atoms with Gasteiger partial charge in [0.15, 0.2) is 0 Å². The summed E-state index contributed by atoms with van der Waals surface area (Å²) in [6.45, 7) is 8.17. The predicted molar refractivity (Wildman–Crippen MR) is 112 cm³/mol. The summed E-state index contributed by atoms with van der Waals surface area (Å²) in [4.78, 5) is 27.0. The fourth-order valence-electron chi connectivity index (χ4n) is 3.54. The number of nitrogens with zero attached hydrogens (tertiary/aromatic N) is 3. The molecule has 0 bridgehead atoms. The Morgan fingerprint density at radius 3 is 2.76 bits per heavy atom. The molecule has 1 N–H and O–H groups in total. The van der Waals surface area contributed by atoms with E-state index in [4.69, 9.17) is 4.74 Å². The van der Waals surface area contributed by atoms with E-state index in [1.165, 1.54) is 27.9 Å². The predicted octanol–water partition coefficient (Wildman–Crippen LogP) is 2.16. The number of carbonyl (C=O) groups excluding carboxylic acids is 1. The molecule has 0 aliphatic carbocycles. The molecule has 1 aliphatic rings. The minimum Gasteiger partial charge on any atom is -0.379 e. The topological polar surface area (TPSA) is 76.5 Å². The molecule has 0 saturated carbocycles. The first kappa shape index (κ1) is 21.2. The summed E-state index contributed by atoms with van der Waals surface area (Å²) in [5, 5.41) is 7.26. The van der Waals surface area contributed by atoms with Gasteiger partial charge < -0.3 is 10.1 Å². The fraction of sp³-hybridized carbons (Fsp3) is 0.500. The summed E-state index contributed by atoms with van der Waals surface area (Å²) in [6, 6.07) is 11.4. The first-order chi connectivity index (χ1) is 14.1. The van der Waals surface area contributed by atoms with Gasteiger partial charge in [0.1, 0.15) is 5.69 Å². The number of unbranched alkanes of at least 4 members (excludes halogenated alkanes) is 1. The molecule has 2 aromatic rings. The van der Waals surface area contributed by atoms with Crippen LogP contribution in [0.25, 0.3) is 0 Å². The number of nitrogens with one attached hydrogen (secondary N) is 1. The standard InChI is InChI=1S/C22H30N4O3/c1-3-4-10-26-21(27)9-8-19(24-26)22(28)23-16-20(25-11-13-29-14-12-25)18-7-5-6-17(2)15-18/h5-9,15,20H,3-4,10-14,16H2,1-2H3,(H,23,28). The lowest BCUT2D eigenvalue weighted by Crippen LogP contribution is -2.44. The Balaban J connectivity index is 1.73. The van der Waals surface area contributed by atoms with Gasteiger partial charge in [0.2, 0.25) is 0 Å². The molecular weight excluding hydrogens is 368 g/mol. The van der Waals surface area contributed by atoms with Crippen molar-refractivity contribution in [2.75, 3.05) is 32.8 Å². The molecule has 0 spiro atoms. The number of aryl methyl sites for hydroxylation is 2. The zero-order valence-electron chi connectivity index (χ0n) is 17.3. The van der Waals surface area contributed by atoms with Gasteiger partial charge in [-0.25, -0.2) is 4.68 Å². The minimum absolute atomic E-state index is 0.0637. The van der Waals surface area contributed by atoms with Gasteiger partial charge in [-0.15, -0.1) is 0 Å². The second kappa shape index (κ2) is 10.3. The quantitative estimate of drug-likeness (QED) is 0.737. The van der Waals surface area contributed by atoms with E-state index in [0.29, 0.717) is 26.3 Å². The first-order valence-electron chi connectivity index (χ1n) is 10.3. The van der Waals surface area contributed by atoms with Crippen molar-refractivity contribution in [1.29, 1.82) is 0 Å². The maximum Gasteiger partial charge on any atom is 0.271 e. The molecule has 156 valence electrons. The molecule has 29 heavy (non-hydrogen) atoms. The fourth-order valence-corrected chi connectivity index (χ4v) is 3.54. The normalized spacial score (nSPS) is 15.8. The lowest BCUT2D eigenvalue weighted by atomic mass is 10.0. The summed E-state index contributed by atoms with van der Waals surface area (Å²) in [5.41, 5.74) is 2.46. The van der Waals surface area contributed by atoms with E-state index in [1.54, 1.807) is 0 Å².